The van der Waals surface area contributed by atoms with Crippen molar-refractivity contribution in [3.05, 3.63) is 35.9 Å². The molecule has 0 spiro atoms. The lowest BCUT2D eigenvalue weighted by molar-refractivity contribution is -0.121. The van der Waals surface area contributed by atoms with E-state index in [1.54, 1.807) is 0 Å². The number of benzene rings is 1. The van der Waals surface area contributed by atoms with Gasteiger partial charge in [-0.2, -0.15) is 0 Å². The number of nitrogens with one attached hydrogen (secondary N) is 2. The fourth-order valence-electron chi connectivity index (χ4n) is 2.77. The van der Waals surface area contributed by atoms with E-state index in [9.17, 15) is 4.79 Å². The molecule has 1 unspecified atom stereocenters. The Labute approximate surface area is 134 Å². The molecule has 4 heteroatoms. The molecule has 1 heterocycles. The summed E-state index contributed by atoms with van der Waals surface area (Å²) in [5.74, 6) is 0.943. The van der Waals surface area contributed by atoms with Gasteiger partial charge in [-0.15, -0.1) is 12.4 Å². The zero-order valence-electron chi connectivity index (χ0n) is 12.6. The molecule has 1 aliphatic rings. The number of amides is 1. The maximum atomic E-state index is 11.7. The first-order valence-electron chi connectivity index (χ1n) is 7.86. The Kier molecular flexibility index (Phi) is 9.11. The largest absolute Gasteiger partial charge is 0.356 e. The van der Waals surface area contributed by atoms with Gasteiger partial charge in [-0.05, 0) is 56.7 Å². The van der Waals surface area contributed by atoms with E-state index < -0.39 is 0 Å². The molecule has 0 bridgehead atoms. The highest BCUT2D eigenvalue weighted by Gasteiger charge is 2.12. The van der Waals surface area contributed by atoms with Crippen molar-refractivity contribution in [1.29, 1.82) is 0 Å². The van der Waals surface area contributed by atoms with Gasteiger partial charge < -0.3 is 10.6 Å². The quantitative estimate of drug-likeness (QED) is 0.813. The maximum Gasteiger partial charge on any atom is 0.220 e. The molecule has 2 N–H and O–H groups in total. The first-order valence-corrected chi connectivity index (χ1v) is 7.86. The summed E-state index contributed by atoms with van der Waals surface area (Å²) in [6, 6.07) is 10.4. The Hall–Kier alpha value is -1.06. The van der Waals surface area contributed by atoms with Crippen molar-refractivity contribution in [3.63, 3.8) is 0 Å². The normalized spacial score (nSPS) is 17.8. The predicted octanol–water partition coefficient (Wildman–Crippen LogP) is 2.94. The van der Waals surface area contributed by atoms with Crippen LogP contribution in [0.15, 0.2) is 30.3 Å². The van der Waals surface area contributed by atoms with Crippen LogP contribution in [0.4, 0.5) is 0 Å². The van der Waals surface area contributed by atoms with Gasteiger partial charge in [0.15, 0.2) is 0 Å². The van der Waals surface area contributed by atoms with Gasteiger partial charge in [-0.3, -0.25) is 4.79 Å². The summed E-state index contributed by atoms with van der Waals surface area (Å²) in [5, 5.41) is 6.46. The second kappa shape index (κ2) is 10.6. The van der Waals surface area contributed by atoms with Crippen LogP contribution in [0.2, 0.25) is 0 Å². The first-order chi connectivity index (χ1) is 9.84. The molecule has 1 atom stereocenters. The maximum absolute atomic E-state index is 11.7. The molecular formula is C17H27ClN2O. The summed E-state index contributed by atoms with van der Waals surface area (Å²) in [5.41, 5.74) is 1.31. The Morgan fingerprint density at radius 1 is 1.29 bits per heavy atom. The number of piperidine rings is 1. The predicted molar refractivity (Wildman–Crippen MR) is 89.8 cm³/mol. The number of hydrogen-bond acceptors (Lipinski definition) is 2. The third-order valence-corrected chi connectivity index (χ3v) is 3.99. The highest BCUT2D eigenvalue weighted by Crippen LogP contribution is 2.12. The van der Waals surface area contributed by atoms with Crippen molar-refractivity contribution in [2.75, 3.05) is 19.6 Å². The van der Waals surface area contributed by atoms with Crippen LogP contribution in [0.1, 0.15) is 37.7 Å². The van der Waals surface area contributed by atoms with E-state index >= 15 is 0 Å². The van der Waals surface area contributed by atoms with Gasteiger partial charge in [0, 0.05) is 13.0 Å². The van der Waals surface area contributed by atoms with Crippen molar-refractivity contribution in [3.8, 4) is 0 Å². The van der Waals surface area contributed by atoms with Crippen LogP contribution >= 0.6 is 12.4 Å². The number of carbonyl (C=O) groups excluding carboxylic acids is 1. The van der Waals surface area contributed by atoms with Gasteiger partial charge in [-0.25, -0.2) is 0 Å². The SMILES string of the molecule is Cl.O=C(CCCc1ccccc1)NCCC1CCCNC1. The smallest absolute Gasteiger partial charge is 0.220 e. The average molecular weight is 311 g/mol. The minimum absolute atomic E-state index is 0. The summed E-state index contributed by atoms with van der Waals surface area (Å²) in [7, 11) is 0. The summed E-state index contributed by atoms with van der Waals surface area (Å²) in [6.07, 6.45) is 6.24. The molecule has 1 amide bonds. The van der Waals surface area contributed by atoms with E-state index in [1.165, 1.54) is 18.4 Å². The van der Waals surface area contributed by atoms with Crippen LogP contribution < -0.4 is 10.6 Å². The molecular weight excluding hydrogens is 284 g/mol. The molecule has 118 valence electrons. The van der Waals surface area contributed by atoms with Gasteiger partial charge >= 0.3 is 0 Å². The van der Waals surface area contributed by atoms with E-state index in [-0.39, 0.29) is 18.3 Å². The van der Waals surface area contributed by atoms with Gasteiger partial charge in [0.05, 0.1) is 0 Å². The second-order valence-corrected chi connectivity index (χ2v) is 5.69. The Bertz CT molecular complexity index is 391. The fourth-order valence-corrected chi connectivity index (χ4v) is 2.77. The van der Waals surface area contributed by atoms with E-state index in [1.807, 2.05) is 18.2 Å². The zero-order chi connectivity index (χ0) is 14.0. The minimum atomic E-state index is 0. The third kappa shape index (κ3) is 7.49. The molecule has 1 aliphatic heterocycles. The third-order valence-electron chi connectivity index (χ3n) is 3.99. The molecule has 1 aromatic rings. The molecule has 0 radical (unpaired) electrons. The molecule has 2 rings (SSSR count). The van der Waals surface area contributed by atoms with E-state index in [0.29, 0.717) is 6.42 Å². The molecule has 21 heavy (non-hydrogen) atoms. The zero-order valence-corrected chi connectivity index (χ0v) is 13.5. The highest BCUT2D eigenvalue weighted by atomic mass is 35.5. The molecule has 0 aromatic heterocycles. The van der Waals surface area contributed by atoms with Crippen LogP contribution in [-0.4, -0.2) is 25.5 Å². The van der Waals surface area contributed by atoms with Crippen molar-refractivity contribution in [1.82, 2.24) is 10.6 Å². The monoisotopic (exact) mass is 310 g/mol. The van der Waals surface area contributed by atoms with Gasteiger partial charge in [0.25, 0.3) is 0 Å². The summed E-state index contributed by atoms with van der Waals surface area (Å²) in [4.78, 5) is 11.7. The van der Waals surface area contributed by atoms with Gasteiger partial charge in [-0.1, -0.05) is 30.3 Å². The van der Waals surface area contributed by atoms with E-state index in [2.05, 4.69) is 22.8 Å². The lowest BCUT2D eigenvalue weighted by Crippen LogP contribution is -2.33. The summed E-state index contributed by atoms with van der Waals surface area (Å²) >= 11 is 0. The van der Waals surface area contributed by atoms with Gasteiger partial charge in [0.1, 0.15) is 0 Å². The average Bonchev–Trinajstić information content (AvgIpc) is 2.49. The fraction of sp³-hybridized carbons (Fsp3) is 0.588. The molecule has 0 saturated carbocycles. The van der Waals surface area contributed by atoms with E-state index in [0.717, 1.165) is 44.8 Å². The van der Waals surface area contributed by atoms with Crippen LogP contribution in [-0.2, 0) is 11.2 Å². The minimum Gasteiger partial charge on any atom is -0.356 e. The molecule has 1 saturated heterocycles. The number of hydrogen-bond donors (Lipinski definition) is 2. The van der Waals surface area contributed by atoms with Crippen LogP contribution in [0.3, 0.4) is 0 Å². The molecule has 1 fully saturated rings. The lowest BCUT2D eigenvalue weighted by Gasteiger charge is -2.22. The molecule has 3 nitrogen and oxygen atoms in total. The summed E-state index contributed by atoms with van der Waals surface area (Å²) in [6.45, 7) is 3.10. The number of halogens is 1. The van der Waals surface area contributed by atoms with Crippen LogP contribution in [0.25, 0.3) is 0 Å². The lowest BCUT2D eigenvalue weighted by atomic mass is 9.96. The number of carbonyl (C=O) groups is 1. The van der Waals surface area contributed by atoms with Crippen molar-refractivity contribution in [2.45, 2.75) is 38.5 Å². The molecule has 1 aromatic carbocycles. The highest BCUT2D eigenvalue weighted by molar-refractivity contribution is 5.85. The first kappa shape index (κ1) is 18.0. The number of rotatable bonds is 7. The van der Waals surface area contributed by atoms with Crippen molar-refractivity contribution >= 4 is 18.3 Å². The number of aryl methyl sites for hydroxylation is 1. The van der Waals surface area contributed by atoms with E-state index in [4.69, 9.17) is 0 Å². The summed E-state index contributed by atoms with van der Waals surface area (Å²) < 4.78 is 0. The van der Waals surface area contributed by atoms with Crippen LogP contribution in [0.5, 0.6) is 0 Å². The van der Waals surface area contributed by atoms with Crippen molar-refractivity contribution < 1.29 is 4.79 Å². The van der Waals surface area contributed by atoms with Crippen molar-refractivity contribution in [2.24, 2.45) is 5.92 Å². The topological polar surface area (TPSA) is 41.1 Å². The Morgan fingerprint density at radius 2 is 2.10 bits per heavy atom. The Balaban J connectivity index is 0.00000220. The second-order valence-electron chi connectivity index (χ2n) is 5.69. The van der Waals surface area contributed by atoms with Crippen LogP contribution in [0, 0.1) is 5.92 Å². The standard InChI is InChI=1S/C17H26N2O.ClH/c20-17(10-4-8-15-6-2-1-3-7-15)19-13-11-16-9-5-12-18-14-16;/h1-3,6-7,16,18H,4-5,8-14H2,(H,19,20);1H. The Morgan fingerprint density at radius 3 is 2.81 bits per heavy atom. The molecule has 0 aliphatic carbocycles. The van der Waals surface area contributed by atoms with Gasteiger partial charge in [0.2, 0.25) is 5.91 Å².